The Kier molecular flexibility index (Phi) is 15.7. The minimum absolute atomic E-state index is 0.0102. The zero-order chi connectivity index (χ0) is 30.9. The molecule has 0 fully saturated rings. The maximum absolute atomic E-state index is 13.1. The first-order valence-corrected chi connectivity index (χ1v) is 15.5. The van der Waals surface area contributed by atoms with Crippen molar-refractivity contribution in [2.24, 2.45) is 17.4 Å². The van der Waals surface area contributed by atoms with Gasteiger partial charge in [0.1, 0.15) is 0 Å². The Balaban J connectivity index is 1.97. The fourth-order valence-electron chi connectivity index (χ4n) is 5.20. The molecule has 0 spiro atoms. The summed E-state index contributed by atoms with van der Waals surface area (Å²) < 4.78 is 0. The highest BCUT2D eigenvalue weighted by molar-refractivity contribution is 5.83. The number of aromatic nitrogens is 1. The lowest BCUT2D eigenvalue weighted by atomic mass is 9.98. The number of carbonyl (C=O) groups excluding carboxylic acids is 4. The van der Waals surface area contributed by atoms with Crippen LogP contribution in [-0.4, -0.2) is 53.3 Å². The second kappa shape index (κ2) is 18.9. The summed E-state index contributed by atoms with van der Waals surface area (Å²) in [7, 11) is 0. The first kappa shape index (κ1) is 34.8. The van der Waals surface area contributed by atoms with Gasteiger partial charge >= 0.3 is 0 Å². The molecule has 0 aliphatic heterocycles. The van der Waals surface area contributed by atoms with E-state index in [1.165, 1.54) is 0 Å². The van der Waals surface area contributed by atoms with Gasteiger partial charge < -0.3 is 32.4 Å². The molecule has 0 saturated carbocycles. The zero-order valence-electron chi connectivity index (χ0n) is 25.7. The summed E-state index contributed by atoms with van der Waals surface area (Å²) in [5.41, 5.74) is 13.1. The molecule has 0 radical (unpaired) electrons. The predicted molar refractivity (Wildman–Crippen MR) is 167 cm³/mol. The van der Waals surface area contributed by atoms with Crippen LogP contribution in [0.1, 0.15) is 97.0 Å². The molecule has 0 saturated heterocycles. The number of hydrogen-bond donors (Lipinski definition) is 6. The van der Waals surface area contributed by atoms with Crippen LogP contribution in [0.3, 0.4) is 0 Å². The summed E-state index contributed by atoms with van der Waals surface area (Å²) in [5.74, 6) is -0.421. The van der Waals surface area contributed by atoms with E-state index in [-0.39, 0.29) is 66.9 Å². The van der Waals surface area contributed by atoms with Gasteiger partial charge in [-0.1, -0.05) is 45.4 Å². The van der Waals surface area contributed by atoms with Crippen LogP contribution in [0.25, 0.3) is 10.9 Å². The van der Waals surface area contributed by atoms with Gasteiger partial charge in [0.05, 0.1) is 0 Å². The number of nitrogens with one attached hydrogen (secondary N) is 4. The molecule has 2 aromatic rings. The van der Waals surface area contributed by atoms with Crippen LogP contribution < -0.4 is 27.4 Å². The molecule has 42 heavy (non-hydrogen) atoms. The van der Waals surface area contributed by atoms with Crippen molar-refractivity contribution >= 4 is 34.5 Å². The molecule has 10 nitrogen and oxygen atoms in total. The number of nitrogens with two attached hydrogens (primary N) is 2. The lowest BCUT2D eigenvalue weighted by Crippen LogP contribution is -2.41. The summed E-state index contributed by atoms with van der Waals surface area (Å²) in [6.45, 7) is 6.54. The summed E-state index contributed by atoms with van der Waals surface area (Å²) in [4.78, 5) is 52.8. The van der Waals surface area contributed by atoms with Crippen molar-refractivity contribution < 1.29 is 19.2 Å². The first-order chi connectivity index (χ1) is 20.1. The standard InChI is InChI=1S/C32H52N6O4/c1-4-9-30(40)37-25(20-23-21-35-28-12-6-5-11-26(23)28)14-18-31(41)36-24(10-7-8-19-33)13-17-32(42)38-27(22(2)3)15-16-29(34)39/h5-6,11-12,21-22,24-25,27,35H,4,7-10,13-20,33H2,1-3H3,(H2,34,39)(H,36,41)(H,37,40)(H,38,42)/t24-,25+,27+/m0/s1. The molecule has 0 bridgehead atoms. The Labute approximate surface area is 250 Å². The van der Waals surface area contributed by atoms with Crippen molar-refractivity contribution in [2.75, 3.05) is 6.54 Å². The van der Waals surface area contributed by atoms with E-state index in [2.05, 4.69) is 27.0 Å². The number of rotatable bonds is 21. The zero-order valence-corrected chi connectivity index (χ0v) is 25.7. The number of amides is 4. The molecule has 8 N–H and O–H groups in total. The minimum Gasteiger partial charge on any atom is -0.370 e. The minimum atomic E-state index is -0.383. The smallest absolute Gasteiger partial charge is 0.220 e. The van der Waals surface area contributed by atoms with Crippen molar-refractivity contribution in [3.63, 3.8) is 0 Å². The quantitative estimate of drug-likeness (QED) is 0.123. The van der Waals surface area contributed by atoms with Gasteiger partial charge in [-0.15, -0.1) is 0 Å². The van der Waals surface area contributed by atoms with Gasteiger partial charge in [0.25, 0.3) is 0 Å². The molecule has 0 aliphatic rings. The van der Waals surface area contributed by atoms with E-state index < -0.39 is 0 Å². The van der Waals surface area contributed by atoms with Gasteiger partial charge in [-0.05, 0) is 69.0 Å². The van der Waals surface area contributed by atoms with Gasteiger partial charge in [0.2, 0.25) is 23.6 Å². The fraction of sp³-hybridized carbons (Fsp3) is 0.625. The van der Waals surface area contributed by atoms with Gasteiger partial charge in [-0.3, -0.25) is 19.2 Å². The van der Waals surface area contributed by atoms with Crippen molar-refractivity contribution in [1.29, 1.82) is 0 Å². The fourth-order valence-corrected chi connectivity index (χ4v) is 5.20. The molecule has 0 unspecified atom stereocenters. The number of primary amides is 1. The van der Waals surface area contributed by atoms with Crippen molar-refractivity contribution in [1.82, 2.24) is 20.9 Å². The number of para-hydroxylation sites is 1. The largest absolute Gasteiger partial charge is 0.370 e. The second-order valence-corrected chi connectivity index (χ2v) is 11.6. The summed E-state index contributed by atoms with van der Waals surface area (Å²) in [5, 5.41) is 10.4. The van der Waals surface area contributed by atoms with Crippen LogP contribution in [0.15, 0.2) is 30.5 Å². The molecular weight excluding hydrogens is 532 g/mol. The topological polar surface area (TPSA) is 172 Å². The van der Waals surface area contributed by atoms with Gasteiger partial charge in [-0.25, -0.2) is 0 Å². The molecule has 3 atom stereocenters. The normalized spacial score (nSPS) is 13.5. The SMILES string of the molecule is CCCC(=O)N[C@H](CCC(=O)N[C@@H](CCCCN)CCC(=O)N[C@H](CCC(N)=O)C(C)C)Cc1c[nH]c2ccccc12. The Morgan fingerprint density at radius 2 is 1.45 bits per heavy atom. The molecule has 0 aliphatic carbocycles. The average molecular weight is 585 g/mol. The van der Waals surface area contributed by atoms with Crippen LogP contribution in [0.4, 0.5) is 0 Å². The van der Waals surface area contributed by atoms with Crippen LogP contribution in [0.2, 0.25) is 0 Å². The number of benzene rings is 1. The van der Waals surface area contributed by atoms with E-state index >= 15 is 0 Å². The molecule has 1 aromatic carbocycles. The maximum Gasteiger partial charge on any atom is 0.220 e. The number of unbranched alkanes of at least 4 members (excludes halogenated alkanes) is 1. The highest BCUT2D eigenvalue weighted by atomic mass is 16.2. The average Bonchev–Trinajstić information content (AvgIpc) is 3.35. The third-order valence-electron chi connectivity index (χ3n) is 7.65. The lowest BCUT2D eigenvalue weighted by Gasteiger charge is -2.24. The van der Waals surface area contributed by atoms with E-state index in [4.69, 9.17) is 11.5 Å². The third-order valence-corrected chi connectivity index (χ3v) is 7.65. The van der Waals surface area contributed by atoms with E-state index in [0.29, 0.717) is 38.6 Å². The van der Waals surface area contributed by atoms with E-state index in [1.54, 1.807) is 0 Å². The maximum atomic E-state index is 13.1. The predicted octanol–water partition coefficient (Wildman–Crippen LogP) is 3.58. The van der Waals surface area contributed by atoms with Crippen LogP contribution in [-0.2, 0) is 25.6 Å². The summed E-state index contributed by atoms with van der Waals surface area (Å²) >= 11 is 0. The molecule has 2 rings (SSSR count). The Bertz CT molecular complexity index is 1130. The van der Waals surface area contributed by atoms with Crippen LogP contribution >= 0.6 is 0 Å². The second-order valence-electron chi connectivity index (χ2n) is 11.6. The first-order valence-electron chi connectivity index (χ1n) is 15.5. The van der Waals surface area contributed by atoms with Crippen molar-refractivity contribution in [2.45, 2.75) is 116 Å². The molecule has 10 heteroatoms. The molecule has 234 valence electrons. The molecule has 1 aromatic heterocycles. The Morgan fingerprint density at radius 1 is 0.810 bits per heavy atom. The Hall–Kier alpha value is -3.40. The highest BCUT2D eigenvalue weighted by Crippen LogP contribution is 2.20. The van der Waals surface area contributed by atoms with E-state index in [1.807, 2.05) is 45.2 Å². The van der Waals surface area contributed by atoms with Crippen LogP contribution in [0.5, 0.6) is 0 Å². The molecular formula is C32H52N6O4. The number of fused-ring (bicyclic) bond motifs is 1. The molecule has 1 heterocycles. The monoisotopic (exact) mass is 584 g/mol. The number of H-pyrrole nitrogens is 1. The summed E-state index contributed by atoms with van der Waals surface area (Å²) in [6.07, 6.45) is 8.51. The van der Waals surface area contributed by atoms with Gasteiger partial charge in [-0.2, -0.15) is 0 Å². The number of carbonyl (C=O) groups is 4. The van der Waals surface area contributed by atoms with Gasteiger partial charge in [0.15, 0.2) is 0 Å². The number of hydrogen-bond acceptors (Lipinski definition) is 5. The van der Waals surface area contributed by atoms with Crippen molar-refractivity contribution in [3.05, 3.63) is 36.0 Å². The van der Waals surface area contributed by atoms with E-state index in [0.717, 1.165) is 42.1 Å². The molecule has 4 amide bonds. The number of aromatic amines is 1. The van der Waals surface area contributed by atoms with E-state index in [9.17, 15) is 19.2 Å². The summed E-state index contributed by atoms with van der Waals surface area (Å²) in [6, 6.07) is 7.59. The van der Waals surface area contributed by atoms with Crippen molar-refractivity contribution in [3.8, 4) is 0 Å². The van der Waals surface area contributed by atoms with Gasteiger partial charge in [0, 0.05) is 60.9 Å². The van der Waals surface area contributed by atoms with Crippen LogP contribution in [0, 0.1) is 5.92 Å². The highest BCUT2D eigenvalue weighted by Gasteiger charge is 2.21. The Morgan fingerprint density at radius 3 is 2.12 bits per heavy atom. The third kappa shape index (κ3) is 13.1. The lowest BCUT2D eigenvalue weighted by molar-refractivity contribution is -0.125.